The molecule has 19 heavy (non-hydrogen) atoms. The Labute approximate surface area is 115 Å². The topological polar surface area (TPSA) is 70.0 Å². The summed E-state index contributed by atoms with van der Waals surface area (Å²) in [6.45, 7) is 0.427. The van der Waals surface area contributed by atoms with E-state index in [4.69, 9.17) is 17.3 Å². The van der Waals surface area contributed by atoms with Gasteiger partial charge in [-0.25, -0.2) is 0 Å². The molecule has 1 heterocycles. The van der Waals surface area contributed by atoms with Gasteiger partial charge in [-0.2, -0.15) is 0 Å². The van der Waals surface area contributed by atoms with E-state index in [2.05, 4.69) is 10.3 Å². The molecule has 2 aromatic rings. The lowest BCUT2D eigenvalue weighted by atomic mass is 10.2. The Kier molecular flexibility index (Phi) is 4.48. The van der Waals surface area contributed by atoms with Gasteiger partial charge in [-0.05, 0) is 17.8 Å². The standard InChI is InChI=1S/C13H15N3O2S/c17-9-11-7-15-13(19)16(11)8-12(18)14-6-10-4-2-1-3-5-10/h1-5,7,17H,6,8-9H2,(H,14,18)(H,15,19). The van der Waals surface area contributed by atoms with Gasteiger partial charge in [-0.15, -0.1) is 0 Å². The molecule has 0 saturated heterocycles. The van der Waals surface area contributed by atoms with E-state index >= 15 is 0 Å². The molecule has 1 amide bonds. The molecule has 0 atom stereocenters. The first-order chi connectivity index (χ1) is 9.20. The highest BCUT2D eigenvalue weighted by Crippen LogP contribution is 2.02. The predicted molar refractivity (Wildman–Crippen MR) is 73.8 cm³/mol. The third-order valence-corrected chi connectivity index (χ3v) is 3.09. The fourth-order valence-corrected chi connectivity index (χ4v) is 1.97. The number of H-pyrrole nitrogens is 1. The summed E-state index contributed by atoms with van der Waals surface area (Å²) in [5.41, 5.74) is 1.63. The van der Waals surface area contributed by atoms with E-state index in [0.717, 1.165) is 5.56 Å². The second-order valence-corrected chi connectivity index (χ2v) is 4.48. The molecular formula is C13H15N3O2S. The molecule has 0 aliphatic heterocycles. The first-order valence-electron chi connectivity index (χ1n) is 5.89. The van der Waals surface area contributed by atoms with Gasteiger partial charge in [0.2, 0.25) is 5.91 Å². The van der Waals surface area contributed by atoms with Gasteiger partial charge < -0.3 is 20.0 Å². The number of nitrogens with zero attached hydrogens (tertiary/aromatic N) is 1. The van der Waals surface area contributed by atoms with Crippen LogP contribution in [0.25, 0.3) is 0 Å². The average molecular weight is 277 g/mol. The summed E-state index contributed by atoms with van der Waals surface area (Å²) >= 11 is 5.05. The number of amides is 1. The molecule has 2 rings (SSSR count). The Morgan fingerprint density at radius 3 is 2.79 bits per heavy atom. The lowest BCUT2D eigenvalue weighted by Gasteiger charge is -2.08. The molecule has 0 saturated carbocycles. The van der Waals surface area contributed by atoms with E-state index in [1.165, 1.54) is 0 Å². The SMILES string of the molecule is O=C(Cn1c(CO)c[nH]c1=S)NCc1ccccc1. The van der Waals surface area contributed by atoms with E-state index in [0.29, 0.717) is 17.0 Å². The fraction of sp³-hybridized carbons (Fsp3) is 0.231. The summed E-state index contributed by atoms with van der Waals surface area (Å²) in [4.78, 5) is 14.6. The number of aliphatic hydroxyl groups excluding tert-OH is 1. The first kappa shape index (κ1) is 13.5. The van der Waals surface area contributed by atoms with Crippen molar-refractivity contribution in [1.82, 2.24) is 14.9 Å². The van der Waals surface area contributed by atoms with Gasteiger partial charge >= 0.3 is 0 Å². The molecular weight excluding hydrogens is 262 g/mol. The Balaban J connectivity index is 1.94. The second-order valence-electron chi connectivity index (χ2n) is 4.09. The average Bonchev–Trinajstić information content (AvgIpc) is 2.78. The van der Waals surface area contributed by atoms with Crippen molar-refractivity contribution in [2.24, 2.45) is 0 Å². The number of aromatic amines is 1. The lowest BCUT2D eigenvalue weighted by Crippen LogP contribution is -2.27. The third-order valence-electron chi connectivity index (χ3n) is 2.75. The number of aromatic nitrogens is 2. The highest BCUT2D eigenvalue weighted by molar-refractivity contribution is 7.71. The molecule has 0 aliphatic rings. The van der Waals surface area contributed by atoms with Crippen molar-refractivity contribution < 1.29 is 9.90 Å². The van der Waals surface area contributed by atoms with Gasteiger partial charge in [0.25, 0.3) is 0 Å². The number of carbonyl (C=O) groups is 1. The molecule has 100 valence electrons. The molecule has 0 fully saturated rings. The molecule has 0 aliphatic carbocycles. The van der Waals surface area contributed by atoms with Crippen LogP contribution in [0.5, 0.6) is 0 Å². The minimum Gasteiger partial charge on any atom is -0.390 e. The zero-order chi connectivity index (χ0) is 13.7. The van der Waals surface area contributed by atoms with Gasteiger partial charge in [0.15, 0.2) is 4.77 Å². The van der Waals surface area contributed by atoms with Crippen LogP contribution >= 0.6 is 12.2 Å². The third kappa shape index (κ3) is 3.52. The maximum Gasteiger partial charge on any atom is 0.240 e. The van der Waals surface area contributed by atoms with Crippen molar-refractivity contribution in [3.05, 3.63) is 52.6 Å². The summed E-state index contributed by atoms with van der Waals surface area (Å²) in [6.07, 6.45) is 1.60. The van der Waals surface area contributed by atoms with E-state index in [1.807, 2.05) is 30.3 Å². The number of carbonyl (C=O) groups excluding carboxylic acids is 1. The van der Waals surface area contributed by atoms with Gasteiger partial charge in [-0.1, -0.05) is 30.3 Å². The molecule has 5 nitrogen and oxygen atoms in total. The van der Waals surface area contributed by atoms with Crippen LogP contribution in [0.3, 0.4) is 0 Å². The van der Waals surface area contributed by atoms with Crippen LogP contribution in [0.2, 0.25) is 0 Å². The van der Waals surface area contributed by atoms with Crippen molar-refractivity contribution in [2.45, 2.75) is 19.7 Å². The van der Waals surface area contributed by atoms with Crippen LogP contribution in [0.15, 0.2) is 36.5 Å². The van der Waals surface area contributed by atoms with Crippen molar-refractivity contribution in [2.75, 3.05) is 0 Å². The summed E-state index contributed by atoms with van der Waals surface area (Å²) in [7, 11) is 0. The van der Waals surface area contributed by atoms with Crippen LogP contribution in [-0.2, 0) is 24.5 Å². The first-order valence-corrected chi connectivity index (χ1v) is 6.30. The summed E-state index contributed by atoms with van der Waals surface area (Å²) in [6, 6.07) is 9.67. The van der Waals surface area contributed by atoms with Crippen LogP contribution in [-0.4, -0.2) is 20.6 Å². The number of rotatable bonds is 5. The Morgan fingerprint density at radius 1 is 1.37 bits per heavy atom. The monoisotopic (exact) mass is 277 g/mol. The largest absolute Gasteiger partial charge is 0.390 e. The van der Waals surface area contributed by atoms with Gasteiger partial charge in [-0.3, -0.25) is 4.79 Å². The Morgan fingerprint density at radius 2 is 2.11 bits per heavy atom. The van der Waals surface area contributed by atoms with Crippen molar-refractivity contribution >= 4 is 18.1 Å². The number of nitrogens with one attached hydrogen (secondary N) is 2. The minimum absolute atomic E-state index is 0.102. The van der Waals surface area contributed by atoms with E-state index < -0.39 is 0 Å². The quantitative estimate of drug-likeness (QED) is 0.723. The maximum atomic E-state index is 11.8. The van der Waals surface area contributed by atoms with Crippen molar-refractivity contribution in [3.8, 4) is 0 Å². The molecule has 6 heteroatoms. The lowest BCUT2D eigenvalue weighted by molar-refractivity contribution is -0.121. The number of hydrogen-bond acceptors (Lipinski definition) is 3. The van der Waals surface area contributed by atoms with Crippen LogP contribution in [0.1, 0.15) is 11.3 Å². The zero-order valence-corrected chi connectivity index (χ0v) is 11.1. The number of hydrogen-bond donors (Lipinski definition) is 3. The smallest absolute Gasteiger partial charge is 0.240 e. The fourth-order valence-electron chi connectivity index (χ4n) is 1.73. The van der Waals surface area contributed by atoms with E-state index in [9.17, 15) is 4.79 Å². The van der Waals surface area contributed by atoms with E-state index in [1.54, 1.807) is 10.8 Å². The molecule has 0 spiro atoms. The van der Waals surface area contributed by atoms with Crippen molar-refractivity contribution in [1.29, 1.82) is 0 Å². The number of imidazole rings is 1. The molecule has 1 aromatic carbocycles. The van der Waals surface area contributed by atoms with Gasteiger partial charge in [0.1, 0.15) is 6.54 Å². The normalized spacial score (nSPS) is 10.4. The number of aliphatic hydroxyl groups is 1. The summed E-state index contributed by atoms with van der Waals surface area (Å²) in [5, 5.41) is 11.9. The number of benzene rings is 1. The second kappa shape index (κ2) is 6.31. The zero-order valence-electron chi connectivity index (χ0n) is 10.3. The van der Waals surface area contributed by atoms with Crippen LogP contribution in [0, 0.1) is 4.77 Å². The highest BCUT2D eigenvalue weighted by atomic mass is 32.1. The molecule has 3 N–H and O–H groups in total. The van der Waals surface area contributed by atoms with E-state index in [-0.39, 0.29) is 19.1 Å². The van der Waals surface area contributed by atoms with Crippen LogP contribution in [0.4, 0.5) is 0 Å². The Bertz CT molecular complexity index is 604. The Hall–Kier alpha value is -1.92. The molecule has 0 bridgehead atoms. The molecule has 0 unspecified atom stereocenters. The predicted octanol–water partition coefficient (Wildman–Crippen LogP) is 1.35. The summed E-state index contributed by atoms with van der Waals surface area (Å²) < 4.78 is 2.01. The highest BCUT2D eigenvalue weighted by Gasteiger charge is 2.07. The van der Waals surface area contributed by atoms with Gasteiger partial charge in [0, 0.05) is 12.7 Å². The summed E-state index contributed by atoms with van der Waals surface area (Å²) in [5.74, 6) is -0.144. The molecule has 1 aromatic heterocycles. The molecule has 0 radical (unpaired) electrons. The van der Waals surface area contributed by atoms with Crippen LogP contribution < -0.4 is 5.32 Å². The van der Waals surface area contributed by atoms with Gasteiger partial charge in [0.05, 0.1) is 12.3 Å². The minimum atomic E-state index is -0.154. The van der Waals surface area contributed by atoms with Crippen molar-refractivity contribution in [3.63, 3.8) is 0 Å². The maximum absolute atomic E-state index is 11.8.